The summed E-state index contributed by atoms with van der Waals surface area (Å²) in [6.45, 7) is 1.77. The van der Waals surface area contributed by atoms with Crippen LogP contribution in [0.5, 0.6) is 0 Å². The standard InChI is InChI=1S/C16H13N5/c17-7-11-10-21(15-4-2-1-3-13(11)15)16-19-9-12-8-18-6-5-14(12)20-16/h1-4,9-10,18H,5-6,8H2. The van der Waals surface area contributed by atoms with Crippen molar-refractivity contribution in [3.05, 3.63) is 53.5 Å². The van der Waals surface area contributed by atoms with Crippen LogP contribution < -0.4 is 5.32 Å². The molecule has 1 aliphatic heterocycles. The monoisotopic (exact) mass is 275 g/mol. The summed E-state index contributed by atoms with van der Waals surface area (Å²) in [6, 6.07) is 10.1. The summed E-state index contributed by atoms with van der Waals surface area (Å²) in [5.74, 6) is 0.633. The normalized spacial score (nSPS) is 13.9. The van der Waals surface area contributed by atoms with Crippen LogP contribution in [0.1, 0.15) is 16.8 Å². The maximum atomic E-state index is 9.28. The molecule has 1 aromatic carbocycles. The summed E-state index contributed by atoms with van der Waals surface area (Å²) in [5.41, 5.74) is 3.86. The van der Waals surface area contributed by atoms with Gasteiger partial charge >= 0.3 is 0 Å². The van der Waals surface area contributed by atoms with Gasteiger partial charge < -0.3 is 5.32 Å². The van der Waals surface area contributed by atoms with Crippen molar-refractivity contribution >= 4 is 10.9 Å². The lowest BCUT2D eigenvalue weighted by Crippen LogP contribution is -2.25. The highest BCUT2D eigenvalue weighted by molar-refractivity contribution is 5.87. The molecule has 4 rings (SSSR count). The molecule has 0 fully saturated rings. The van der Waals surface area contributed by atoms with Crippen molar-refractivity contribution in [2.24, 2.45) is 0 Å². The van der Waals surface area contributed by atoms with E-state index < -0.39 is 0 Å². The van der Waals surface area contributed by atoms with Crippen LogP contribution in [0, 0.1) is 11.3 Å². The minimum absolute atomic E-state index is 0.633. The molecule has 0 saturated heterocycles. The predicted molar refractivity (Wildman–Crippen MR) is 79.0 cm³/mol. The Balaban J connectivity index is 1.93. The van der Waals surface area contributed by atoms with Gasteiger partial charge in [0, 0.05) is 42.9 Å². The largest absolute Gasteiger partial charge is 0.312 e. The smallest absolute Gasteiger partial charge is 0.234 e. The number of nitrogens with zero attached hydrogens (tertiary/aromatic N) is 4. The van der Waals surface area contributed by atoms with E-state index in [-0.39, 0.29) is 0 Å². The molecule has 3 heterocycles. The SMILES string of the molecule is N#Cc1cn(-c2ncc3c(n2)CCNC3)c2ccccc12. The Morgan fingerprint density at radius 1 is 1.29 bits per heavy atom. The molecule has 0 bridgehead atoms. The average Bonchev–Trinajstić information content (AvgIpc) is 2.93. The van der Waals surface area contributed by atoms with Gasteiger partial charge in [-0.1, -0.05) is 18.2 Å². The van der Waals surface area contributed by atoms with Gasteiger partial charge in [-0.25, -0.2) is 9.97 Å². The third kappa shape index (κ3) is 1.89. The molecule has 2 aromatic heterocycles. The Kier molecular flexibility index (Phi) is 2.69. The molecule has 102 valence electrons. The van der Waals surface area contributed by atoms with Gasteiger partial charge in [0.05, 0.1) is 16.8 Å². The first-order valence-corrected chi connectivity index (χ1v) is 6.93. The van der Waals surface area contributed by atoms with Crippen LogP contribution >= 0.6 is 0 Å². The fraction of sp³-hybridized carbons (Fsp3) is 0.188. The highest BCUT2D eigenvalue weighted by atomic mass is 15.1. The maximum absolute atomic E-state index is 9.28. The van der Waals surface area contributed by atoms with Crippen molar-refractivity contribution in [2.45, 2.75) is 13.0 Å². The Bertz CT molecular complexity index is 872. The van der Waals surface area contributed by atoms with Gasteiger partial charge in [0.25, 0.3) is 0 Å². The lowest BCUT2D eigenvalue weighted by Gasteiger charge is -2.16. The topological polar surface area (TPSA) is 66.5 Å². The number of hydrogen-bond donors (Lipinski definition) is 1. The lowest BCUT2D eigenvalue weighted by atomic mass is 10.1. The van der Waals surface area contributed by atoms with Crippen LogP contribution in [-0.4, -0.2) is 21.1 Å². The molecule has 5 heteroatoms. The number of para-hydroxylation sites is 1. The van der Waals surface area contributed by atoms with Crippen LogP contribution in [-0.2, 0) is 13.0 Å². The zero-order valence-corrected chi connectivity index (χ0v) is 11.4. The third-order valence-corrected chi connectivity index (χ3v) is 3.84. The van der Waals surface area contributed by atoms with E-state index in [0.29, 0.717) is 11.5 Å². The second-order valence-corrected chi connectivity index (χ2v) is 5.11. The summed E-state index contributed by atoms with van der Waals surface area (Å²) in [4.78, 5) is 9.15. The second-order valence-electron chi connectivity index (χ2n) is 5.11. The number of fused-ring (bicyclic) bond motifs is 2. The molecule has 0 unspecified atom stereocenters. The summed E-state index contributed by atoms with van der Waals surface area (Å²) in [5, 5.41) is 13.5. The number of aromatic nitrogens is 3. The molecular formula is C16H13N5. The van der Waals surface area contributed by atoms with E-state index >= 15 is 0 Å². The highest BCUT2D eigenvalue weighted by Gasteiger charge is 2.15. The first kappa shape index (κ1) is 12.1. The summed E-state index contributed by atoms with van der Waals surface area (Å²) in [6.07, 6.45) is 4.60. The minimum Gasteiger partial charge on any atom is -0.312 e. The van der Waals surface area contributed by atoms with Crippen molar-refractivity contribution < 1.29 is 0 Å². The highest BCUT2D eigenvalue weighted by Crippen LogP contribution is 2.23. The van der Waals surface area contributed by atoms with Crippen LogP contribution in [0.2, 0.25) is 0 Å². The fourth-order valence-corrected chi connectivity index (χ4v) is 2.78. The van der Waals surface area contributed by atoms with Gasteiger partial charge in [-0.3, -0.25) is 4.57 Å². The molecule has 0 amide bonds. The number of nitrogens with one attached hydrogen (secondary N) is 1. The van der Waals surface area contributed by atoms with E-state index in [1.807, 2.05) is 41.2 Å². The fourth-order valence-electron chi connectivity index (χ4n) is 2.78. The molecule has 3 aromatic rings. The van der Waals surface area contributed by atoms with Crippen LogP contribution in [0.4, 0.5) is 0 Å². The second kappa shape index (κ2) is 4.69. The van der Waals surface area contributed by atoms with Crippen molar-refractivity contribution in [3.63, 3.8) is 0 Å². The molecule has 0 radical (unpaired) electrons. The molecule has 0 spiro atoms. The van der Waals surface area contributed by atoms with Gasteiger partial charge in [0.2, 0.25) is 5.95 Å². The zero-order valence-electron chi connectivity index (χ0n) is 11.4. The predicted octanol–water partition coefficient (Wildman–Crippen LogP) is 1.94. The van der Waals surface area contributed by atoms with E-state index in [1.54, 1.807) is 0 Å². The van der Waals surface area contributed by atoms with E-state index in [2.05, 4.69) is 21.4 Å². The summed E-state index contributed by atoms with van der Waals surface area (Å²) >= 11 is 0. The number of rotatable bonds is 1. The first-order valence-electron chi connectivity index (χ1n) is 6.93. The van der Waals surface area contributed by atoms with Crippen molar-refractivity contribution in [1.29, 1.82) is 5.26 Å². The molecule has 0 atom stereocenters. The maximum Gasteiger partial charge on any atom is 0.234 e. The van der Waals surface area contributed by atoms with Gasteiger partial charge in [-0.2, -0.15) is 5.26 Å². The van der Waals surface area contributed by atoms with E-state index in [0.717, 1.165) is 41.7 Å². The number of hydrogen-bond acceptors (Lipinski definition) is 4. The van der Waals surface area contributed by atoms with Gasteiger partial charge in [-0.05, 0) is 6.07 Å². The first-order chi connectivity index (χ1) is 10.4. The van der Waals surface area contributed by atoms with E-state index in [1.165, 1.54) is 0 Å². The molecule has 1 aliphatic rings. The Morgan fingerprint density at radius 2 is 2.19 bits per heavy atom. The molecule has 1 N–H and O–H groups in total. The molecular weight excluding hydrogens is 262 g/mol. The van der Waals surface area contributed by atoms with Gasteiger partial charge in [0.15, 0.2) is 0 Å². The zero-order chi connectivity index (χ0) is 14.2. The molecule has 0 aliphatic carbocycles. The number of nitriles is 1. The third-order valence-electron chi connectivity index (χ3n) is 3.84. The average molecular weight is 275 g/mol. The van der Waals surface area contributed by atoms with E-state index in [4.69, 9.17) is 0 Å². The van der Waals surface area contributed by atoms with Crippen LogP contribution in [0.15, 0.2) is 36.7 Å². The molecule has 21 heavy (non-hydrogen) atoms. The van der Waals surface area contributed by atoms with Crippen molar-refractivity contribution in [1.82, 2.24) is 19.9 Å². The molecule has 0 saturated carbocycles. The minimum atomic E-state index is 0.633. The van der Waals surface area contributed by atoms with Gasteiger partial charge in [-0.15, -0.1) is 0 Å². The van der Waals surface area contributed by atoms with Crippen LogP contribution in [0.25, 0.3) is 16.9 Å². The van der Waals surface area contributed by atoms with Gasteiger partial charge in [0.1, 0.15) is 6.07 Å². The van der Waals surface area contributed by atoms with Crippen molar-refractivity contribution in [2.75, 3.05) is 6.54 Å². The lowest BCUT2D eigenvalue weighted by molar-refractivity contribution is 0.623. The quantitative estimate of drug-likeness (QED) is 0.737. The summed E-state index contributed by atoms with van der Waals surface area (Å²) < 4.78 is 1.90. The summed E-state index contributed by atoms with van der Waals surface area (Å²) in [7, 11) is 0. The number of benzene rings is 1. The van der Waals surface area contributed by atoms with Crippen LogP contribution in [0.3, 0.4) is 0 Å². The Hall–Kier alpha value is -2.71. The Labute approximate surface area is 121 Å². The molecule has 5 nitrogen and oxygen atoms in total. The van der Waals surface area contributed by atoms with Crippen molar-refractivity contribution in [3.8, 4) is 12.0 Å². The Morgan fingerprint density at radius 3 is 3.10 bits per heavy atom. The van der Waals surface area contributed by atoms with E-state index in [9.17, 15) is 5.26 Å².